The SMILES string of the molecule is CC(C[C@H](N)Cc1ccccc1F)N1CCC[C@H]1CNS(C)(=O)=O. The molecular weight excluding hydrogens is 329 g/mol. The average molecular weight is 357 g/mol. The summed E-state index contributed by atoms with van der Waals surface area (Å²) in [4.78, 5) is 2.32. The number of hydrogen-bond acceptors (Lipinski definition) is 4. The molecule has 5 nitrogen and oxygen atoms in total. The molecule has 1 unspecified atom stereocenters. The number of nitrogens with two attached hydrogens (primary N) is 1. The van der Waals surface area contributed by atoms with Crippen molar-refractivity contribution in [2.75, 3.05) is 19.3 Å². The first-order chi connectivity index (χ1) is 11.3. The second-order valence-corrected chi connectivity index (χ2v) is 8.63. The van der Waals surface area contributed by atoms with Crippen LogP contribution in [0.1, 0.15) is 31.7 Å². The van der Waals surface area contributed by atoms with E-state index in [0.29, 0.717) is 18.5 Å². The molecule has 2 rings (SSSR count). The van der Waals surface area contributed by atoms with Gasteiger partial charge in [-0.3, -0.25) is 4.90 Å². The third kappa shape index (κ3) is 5.81. The van der Waals surface area contributed by atoms with Crippen LogP contribution in [-0.4, -0.2) is 50.8 Å². The highest BCUT2D eigenvalue weighted by Gasteiger charge is 2.29. The van der Waals surface area contributed by atoms with E-state index >= 15 is 0 Å². The van der Waals surface area contributed by atoms with Crippen LogP contribution in [0.2, 0.25) is 0 Å². The molecule has 1 heterocycles. The normalized spacial score (nSPS) is 21.8. The number of likely N-dealkylation sites (tertiary alicyclic amines) is 1. The van der Waals surface area contributed by atoms with Gasteiger partial charge in [0, 0.05) is 24.7 Å². The Bertz CT molecular complexity index is 638. The molecule has 0 aromatic heterocycles. The Morgan fingerprint density at radius 3 is 2.79 bits per heavy atom. The van der Waals surface area contributed by atoms with Gasteiger partial charge in [-0.05, 0) is 50.8 Å². The van der Waals surface area contributed by atoms with Crippen molar-refractivity contribution in [2.24, 2.45) is 5.73 Å². The maximum atomic E-state index is 13.7. The maximum absolute atomic E-state index is 13.7. The van der Waals surface area contributed by atoms with Gasteiger partial charge in [0.2, 0.25) is 10.0 Å². The predicted molar refractivity (Wildman–Crippen MR) is 94.7 cm³/mol. The number of nitrogens with one attached hydrogen (secondary N) is 1. The number of nitrogens with zero attached hydrogens (tertiary/aromatic N) is 1. The Hall–Kier alpha value is -1.02. The number of sulfonamides is 1. The highest BCUT2D eigenvalue weighted by molar-refractivity contribution is 7.88. The highest BCUT2D eigenvalue weighted by Crippen LogP contribution is 2.22. The lowest BCUT2D eigenvalue weighted by molar-refractivity contribution is 0.176. The Morgan fingerprint density at radius 2 is 2.12 bits per heavy atom. The van der Waals surface area contributed by atoms with E-state index in [1.807, 2.05) is 6.07 Å². The molecule has 0 bridgehead atoms. The Balaban J connectivity index is 1.88. The van der Waals surface area contributed by atoms with Crippen molar-refractivity contribution in [1.29, 1.82) is 0 Å². The minimum atomic E-state index is -3.17. The number of halogens is 1. The lowest BCUT2D eigenvalue weighted by atomic mass is 9.99. The summed E-state index contributed by atoms with van der Waals surface area (Å²) < 4.78 is 38.9. The van der Waals surface area contributed by atoms with Crippen molar-refractivity contribution in [1.82, 2.24) is 9.62 Å². The van der Waals surface area contributed by atoms with E-state index in [1.54, 1.807) is 12.1 Å². The molecular formula is C17H28FN3O2S. The fourth-order valence-electron chi connectivity index (χ4n) is 3.51. The smallest absolute Gasteiger partial charge is 0.208 e. The summed E-state index contributed by atoms with van der Waals surface area (Å²) >= 11 is 0. The van der Waals surface area contributed by atoms with E-state index in [2.05, 4.69) is 16.5 Å². The number of benzene rings is 1. The van der Waals surface area contributed by atoms with Crippen LogP contribution in [0.15, 0.2) is 24.3 Å². The van der Waals surface area contributed by atoms with Crippen LogP contribution in [-0.2, 0) is 16.4 Å². The zero-order chi connectivity index (χ0) is 17.7. The van der Waals surface area contributed by atoms with Gasteiger partial charge in [0.25, 0.3) is 0 Å². The number of rotatable bonds is 8. The summed E-state index contributed by atoms with van der Waals surface area (Å²) in [6, 6.07) is 7.04. The average Bonchev–Trinajstić information content (AvgIpc) is 2.95. The first-order valence-corrected chi connectivity index (χ1v) is 10.3. The van der Waals surface area contributed by atoms with Crippen LogP contribution in [0, 0.1) is 5.82 Å². The van der Waals surface area contributed by atoms with Gasteiger partial charge in [0.15, 0.2) is 0 Å². The van der Waals surface area contributed by atoms with Crippen LogP contribution >= 0.6 is 0 Å². The summed E-state index contributed by atoms with van der Waals surface area (Å²) in [5.41, 5.74) is 6.87. The van der Waals surface area contributed by atoms with Gasteiger partial charge < -0.3 is 5.73 Å². The van der Waals surface area contributed by atoms with E-state index in [4.69, 9.17) is 5.73 Å². The molecule has 3 N–H and O–H groups in total. The topological polar surface area (TPSA) is 75.4 Å². The van der Waals surface area contributed by atoms with Crippen molar-refractivity contribution < 1.29 is 12.8 Å². The molecule has 0 amide bonds. The zero-order valence-corrected chi connectivity index (χ0v) is 15.2. The molecule has 24 heavy (non-hydrogen) atoms. The van der Waals surface area contributed by atoms with E-state index in [-0.39, 0.29) is 23.9 Å². The fraction of sp³-hybridized carbons (Fsp3) is 0.647. The quantitative estimate of drug-likeness (QED) is 0.739. The maximum Gasteiger partial charge on any atom is 0.208 e. The monoisotopic (exact) mass is 357 g/mol. The van der Waals surface area contributed by atoms with Crippen molar-refractivity contribution in [3.63, 3.8) is 0 Å². The van der Waals surface area contributed by atoms with E-state index in [9.17, 15) is 12.8 Å². The second-order valence-electron chi connectivity index (χ2n) is 6.79. The third-order valence-electron chi connectivity index (χ3n) is 4.65. The first-order valence-electron chi connectivity index (χ1n) is 8.45. The van der Waals surface area contributed by atoms with Crippen molar-refractivity contribution in [3.05, 3.63) is 35.6 Å². The standard InChI is InChI=1S/C17H28FN3O2S/c1-13(10-15(19)11-14-6-3-4-8-17(14)18)21-9-5-7-16(21)12-20-24(2,22)23/h3-4,6,8,13,15-16,20H,5,7,9-12,19H2,1-2H3/t13?,15-,16-/m0/s1. The van der Waals surface area contributed by atoms with Crippen LogP contribution in [0.3, 0.4) is 0 Å². The van der Waals surface area contributed by atoms with Crippen LogP contribution < -0.4 is 10.5 Å². The molecule has 1 saturated heterocycles. The Kier molecular flexibility index (Phi) is 6.74. The summed E-state index contributed by atoms with van der Waals surface area (Å²) in [5, 5.41) is 0. The molecule has 1 fully saturated rings. The van der Waals surface area contributed by atoms with Gasteiger partial charge in [-0.15, -0.1) is 0 Å². The Labute approximate surface area is 144 Å². The molecule has 0 spiro atoms. The summed E-state index contributed by atoms with van der Waals surface area (Å²) in [6.45, 7) is 3.50. The minimum Gasteiger partial charge on any atom is -0.327 e. The molecule has 136 valence electrons. The summed E-state index contributed by atoms with van der Waals surface area (Å²) in [7, 11) is -3.17. The molecule has 1 aromatic carbocycles. The largest absolute Gasteiger partial charge is 0.327 e. The van der Waals surface area contributed by atoms with Gasteiger partial charge >= 0.3 is 0 Å². The molecule has 3 atom stereocenters. The van der Waals surface area contributed by atoms with E-state index in [1.165, 1.54) is 12.3 Å². The fourth-order valence-corrected chi connectivity index (χ4v) is 4.00. The summed E-state index contributed by atoms with van der Waals surface area (Å²) in [5.74, 6) is -0.211. The van der Waals surface area contributed by atoms with Gasteiger partial charge in [-0.1, -0.05) is 18.2 Å². The molecule has 1 aliphatic rings. The van der Waals surface area contributed by atoms with Crippen LogP contribution in [0.25, 0.3) is 0 Å². The van der Waals surface area contributed by atoms with E-state index in [0.717, 1.165) is 25.8 Å². The minimum absolute atomic E-state index is 0.124. The lowest BCUT2D eigenvalue weighted by Gasteiger charge is -2.32. The lowest BCUT2D eigenvalue weighted by Crippen LogP contribution is -2.46. The molecule has 1 aromatic rings. The second kappa shape index (κ2) is 8.38. The van der Waals surface area contributed by atoms with Crippen molar-refractivity contribution >= 4 is 10.0 Å². The van der Waals surface area contributed by atoms with Crippen molar-refractivity contribution in [3.8, 4) is 0 Å². The third-order valence-corrected chi connectivity index (χ3v) is 5.34. The van der Waals surface area contributed by atoms with Gasteiger partial charge in [0.1, 0.15) is 5.82 Å². The molecule has 0 saturated carbocycles. The van der Waals surface area contributed by atoms with Gasteiger partial charge in [-0.2, -0.15) is 0 Å². The molecule has 7 heteroatoms. The predicted octanol–water partition coefficient (Wildman–Crippen LogP) is 1.49. The number of hydrogen-bond donors (Lipinski definition) is 2. The van der Waals surface area contributed by atoms with Crippen molar-refractivity contribution in [2.45, 2.75) is 50.7 Å². The zero-order valence-electron chi connectivity index (χ0n) is 14.4. The summed E-state index contributed by atoms with van der Waals surface area (Å²) in [6.07, 6.45) is 4.49. The van der Waals surface area contributed by atoms with Crippen LogP contribution in [0.4, 0.5) is 4.39 Å². The van der Waals surface area contributed by atoms with Gasteiger partial charge in [0.05, 0.1) is 6.26 Å². The molecule has 1 aliphatic heterocycles. The molecule has 0 radical (unpaired) electrons. The highest BCUT2D eigenvalue weighted by atomic mass is 32.2. The Morgan fingerprint density at radius 1 is 1.42 bits per heavy atom. The van der Waals surface area contributed by atoms with Crippen LogP contribution in [0.5, 0.6) is 0 Å². The first kappa shape index (κ1) is 19.3. The molecule has 0 aliphatic carbocycles. The van der Waals surface area contributed by atoms with E-state index < -0.39 is 10.0 Å². The van der Waals surface area contributed by atoms with Gasteiger partial charge in [-0.25, -0.2) is 17.5 Å².